The zero-order chi connectivity index (χ0) is 29.5. The fraction of sp³-hybridized carbons (Fsp3) is 0.367. The van der Waals surface area contributed by atoms with Gasteiger partial charge in [-0.15, -0.1) is 21.5 Å². The number of carbonyl (C=O) groups is 3. The van der Waals surface area contributed by atoms with Crippen LogP contribution < -0.4 is 10.6 Å². The Morgan fingerprint density at radius 1 is 1.12 bits per heavy atom. The average molecular weight is 608 g/mol. The zero-order valence-corrected chi connectivity index (χ0v) is 25.2. The summed E-state index contributed by atoms with van der Waals surface area (Å²) in [6.07, 6.45) is 5.95. The molecule has 0 saturated heterocycles. The number of rotatable bonds is 12. The number of aromatic nitrogens is 3. The largest absolute Gasteiger partial charge is 0.462 e. The van der Waals surface area contributed by atoms with E-state index in [4.69, 9.17) is 9.15 Å². The van der Waals surface area contributed by atoms with Crippen molar-refractivity contribution in [3.05, 3.63) is 81.9 Å². The van der Waals surface area contributed by atoms with E-state index in [-0.39, 0.29) is 30.7 Å². The number of nitrogens with zero attached hydrogens (tertiary/aromatic N) is 3. The molecule has 10 nitrogen and oxygen atoms in total. The van der Waals surface area contributed by atoms with E-state index in [1.165, 1.54) is 29.4 Å². The normalized spacial score (nSPS) is 13.3. The minimum atomic E-state index is -0.538. The van der Waals surface area contributed by atoms with Crippen LogP contribution in [0.15, 0.2) is 58.3 Å². The van der Waals surface area contributed by atoms with Gasteiger partial charge in [0.1, 0.15) is 5.00 Å². The number of anilines is 1. The monoisotopic (exact) mass is 607 g/mol. The van der Waals surface area contributed by atoms with E-state index in [9.17, 15) is 14.4 Å². The van der Waals surface area contributed by atoms with Crippen LogP contribution in [0.4, 0.5) is 5.00 Å². The molecule has 5 rings (SSSR count). The first-order chi connectivity index (χ1) is 20.4. The maximum absolute atomic E-state index is 13.4. The van der Waals surface area contributed by atoms with Gasteiger partial charge in [-0.3, -0.25) is 9.59 Å². The fourth-order valence-corrected chi connectivity index (χ4v) is 6.97. The molecule has 1 aliphatic carbocycles. The summed E-state index contributed by atoms with van der Waals surface area (Å²) in [6, 6.07) is 13.3. The summed E-state index contributed by atoms with van der Waals surface area (Å²) in [5.74, 6) is -0.210. The third-order valence-corrected chi connectivity index (χ3v) is 9.24. The van der Waals surface area contributed by atoms with Gasteiger partial charge < -0.3 is 24.4 Å². The second-order valence-corrected chi connectivity index (χ2v) is 12.2. The number of furan rings is 1. The molecular weight excluding hydrogens is 574 g/mol. The predicted molar refractivity (Wildman–Crippen MR) is 161 cm³/mol. The number of fused-ring (bicyclic) bond motifs is 1. The second kappa shape index (κ2) is 13.8. The Kier molecular flexibility index (Phi) is 9.75. The van der Waals surface area contributed by atoms with Gasteiger partial charge in [0.05, 0.1) is 30.2 Å². The highest BCUT2D eigenvalue weighted by Crippen LogP contribution is 2.39. The number of hydrogen-bond acceptors (Lipinski definition) is 9. The quantitative estimate of drug-likeness (QED) is 0.164. The van der Waals surface area contributed by atoms with E-state index < -0.39 is 11.2 Å². The van der Waals surface area contributed by atoms with E-state index in [0.29, 0.717) is 28.1 Å². The van der Waals surface area contributed by atoms with Crippen LogP contribution in [0.3, 0.4) is 0 Å². The van der Waals surface area contributed by atoms with E-state index in [1.54, 1.807) is 26.0 Å². The maximum atomic E-state index is 13.4. The van der Waals surface area contributed by atoms with Crippen LogP contribution >= 0.6 is 23.1 Å². The standard InChI is InChI=1S/C30H33N5O5S2/c1-3-39-29(38)25-21-12-7-8-14-23(21)42-28(25)32-26(36)19(2)41-30-34-33-24(18-31-27(37)22-13-9-17-40-22)35(30)16-15-20-10-5-4-6-11-20/h4-6,9-11,13,17,19H,3,7-8,12,14-16,18H2,1-2H3,(H,31,37)(H,32,36)/t19-/m0/s1. The molecule has 1 aliphatic rings. The Morgan fingerprint density at radius 3 is 2.69 bits per heavy atom. The molecule has 0 spiro atoms. The number of amides is 2. The molecule has 1 atom stereocenters. The predicted octanol–water partition coefficient (Wildman–Crippen LogP) is 5.28. The van der Waals surface area contributed by atoms with Gasteiger partial charge in [0.2, 0.25) is 5.91 Å². The number of carbonyl (C=O) groups excluding carboxylic acids is 3. The number of nitrogens with one attached hydrogen (secondary N) is 2. The molecule has 0 saturated carbocycles. The first kappa shape index (κ1) is 29.6. The molecule has 220 valence electrons. The van der Waals surface area contributed by atoms with Gasteiger partial charge in [0.15, 0.2) is 16.7 Å². The van der Waals surface area contributed by atoms with Crippen LogP contribution in [0, 0.1) is 0 Å². The van der Waals surface area contributed by atoms with Crippen molar-refractivity contribution >= 4 is 45.9 Å². The van der Waals surface area contributed by atoms with Crippen LogP contribution in [-0.4, -0.2) is 44.4 Å². The molecule has 0 unspecified atom stereocenters. The molecule has 3 aromatic heterocycles. The summed E-state index contributed by atoms with van der Waals surface area (Å²) in [7, 11) is 0. The van der Waals surface area contributed by atoms with Gasteiger partial charge in [-0.1, -0.05) is 42.1 Å². The fourth-order valence-electron chi connectivity index (χ4n) is 4.80. The highest BCUT2D eigenvalue weighted by molar-refractivity contribution is 8.00. The van der Waals surface area contributed by atoms with Crippen molar-refractivity contribution in [1.29, 1.82) is 0 Å². The SMILES string of the molecule is CCOC(=O)c1c(NC(=O)[C@H](C)Sc2nnc(CNC(=O)c3ccco3)n2CCc2ccccc2)sc2c1CCCC2. The number of thiophene rings is 1. The van der Waals surface area contributed by atoms with Crippen LogP contribution in [0.1, 0.15) is 69.4 Å². The van der Waals surface area contributed by atoms with Crippen molar-refractivity contribution in [2.24, 2.45) is 0 Å². The Labute approximate surface area is 252 Å². The second-order valence-electron chi connectivity index (χ2n) is 9.83. The Morgan fingerprint density at radius 2 is 1.93 bits per heavy atom. The number of aryl methyl sites for hydroxylation is 2. The zero-order valence-electron chi connectivity index (χ0n) is 23.6. The third kappa shape index (κ3) is 6.93. The number of hydrogen-bond donors (Lipinski definition) is 2. The molecule has 2 amide bonds. The minimum Gasteiger partial charge on any atom is -0.462 e. The third-order valence-electron chi connectivity index (χ3n) is 6.95. The molecule has 0 fully saturated rings. The number of thioether (sulfide) groups is 1. The molecule has 0 radical (unpaired) electrons. The van der Waals surface area contributed by atoms with Crippen molar-refractivity contribution in [1.82, 2.24) is 20.1 Å². The van der Waals surface area contributed by atoms with Crippen LogP contribution in [0.5, 0.6) is 0 Å². The lowest BCUT2D eigenvalue weighted by Crippen LogP contribution is -2.25. The van der Waals surface area contributed by atoms with E-state index >= 15 is 0 Å². The van der Waals surface area contributed by atoms with Crippen molar-refractivity contribution in [3.8, 4) is 0 Å². The maximum Gasteiger partial charge on any atom is 0.341 e. The molecule has 0 bridgehead atoms. The Hall–Kier alpha value is -3.90. The summed E-state index contributed by atoms with van der Waals surface area (Å²) >= 11 is 2.75. The molecule has 2 N–H and O–H groups in total. The van der Waals surface area contributed by atoms with Crippen LogP contribution in [-0.2, 0) is 41.9 Å². The average Bonchev–Trinajstić information content (AvgIpc) is 3.74. The van der Waals surface area contributed by atoms with E-state index in [2.05, 4.69) is 20.8 Å². The lowest BCUT2D eigenvalue weighted by Gasteiger charge is -2.15. The molecule has 4 aromatic rings. The van der Waals surface area contributed by atoms with Crippen molar-refractivity contribution < 1.29 is 23.5 Å². The van der Waals surface area contributed by atoms with Gasteiger partial charge in [0.25, 0.3) is 5.91 Å². The number of esters is 1. The molecule has 0 aliphatic heterocycles. The Balaban J connectivity index is 1.32. The topological polar surface area (TPSA) is 128 Å². The first-order valence-electron chi connectivity index (χ1n) is 14.0. The molecular formula is C30H33N5O5S2. The smallest absolute Gasteiger partial charge is 0.341 e. The van der Waals surface area contributed by atoms with Gasteiger partial charge in [-0.05, 0) is 69.2 Å². The summed E-state index contributed by atoms with van der Waals surface area (Å²) in [5.41, 5.74) is 2.64. The van der Waals surface area contributed by atoms with Crippen LogP contribution in [0.2, 0.25) is 0 Å². The summed E-state index contributed by atoms with van der Waals surface area (Å²) in [4.78, 5) is 39.8. The highest BCUT2D eigenvalue weighted by Gasteiger charge is 2.29. The summed E-state index contributed by atoms with van der Waals surface area (Å²) < 4.78 is 12.4. The van der Waals surface area contributed by atoms with Gasteiger partial charge in [-0.2, -0.15) is 0 Å². The lowest BCUT2D eigenvalue weighted by molar-refractivity contribution is -0.115. The molecule has 12 heteroatoms. The van der Waals surface area contributed by atoms with Gasteiger partial charge in [-0.25, -0.2) is 4.79 Å². The molecule has 3 heterocycles. The summed E-state index contributed by atoms with van der Waals surface area (Å²) in [5, 5.41) is 15.1. The highest BCUT2D eigenvalue weighted by atomic mass is 32.2. The van der Waals surface area contributed by atoms with Crippen molar-refractivity contribution in [2.75, 3.05) is 11.9 Å². The van der Waals surface area contributed by atoms with E-state index in [1.807, 2.05) is 34.9 Å². The number of benzene rings is 1. The van der Waals surface area contributed by atoms with Crippen molar-refractivity contribution in [2.45, 2.75) is 69.4 Å². The van der Waals surface area contributed by atoms with E-state index in [0.717, 1.165) is 48.1 Å². The molecule has 42 heavy (non-hydrogen) atoms. The first-order valence-corrected chi connectivity index (χ1v) is 15.7. The Bertz CT molecular complexity index is 1530. The molecule has 1 aromatic carbocycles. The van der Waals surface area contributed by atoms with Crippen molar-refractivity contribution in [3.63, 3.8) is 0 Å². The minimum absolute atomic E-state index is 0.145. The summed E-state index contributed by atoms with van der Waals surface area (Å²) in [6.45, 7) is 4.55. The van der Waals surface area contributed by atoms with Gasteiger partial charge in [0, 0.05) is 11.4 Å². The number of ether oxygens (including phenoxy) is 1. The lowest BCUT2D eigenvalue weighted by atomic mass is 9.95. The van der Waals surface area contributed by atoms with Gasteiger partial charge >= 0.3 is 5.97 Å². The van der Waals surface area contributed by atoms with Crippen LogP contribution in [0.25, 0.3) is 0 Å².